The number of carbonyl (C=O) groups excluding carboxylic acids is 1. The van der Waals surface area contributed by atoms with Gasteiger partial charge in [-0.1, -0.05) is 6.07 Å². The molecule has 164 valence electrons. The minimum absolute atomic E-state index is 0.0373. The molecule has 2 heterocycles. The number of aliphatic hydroxyl groups is 4. The summed E-state index contributed by atoms with van der Waals surface area (Å²) in [6.45, 7) is 0.0501. The van der Waals surface area contributed by atoms with Crippen molar-refractivity contribution in [3.63, 3.8) is 0 Å². The number of carbonyl (C=O) groups is 1. The van der Waals surface area contributed by atoms with Gasteiger partial charge >= 0.3 is 0 Å². The van der Waals surface area contributed by atoms with E-state index in [0.717, 1.165) is 5.56 Å². The first-order valence-electron chi connectivity index (χ1n) is 9.91. The molecule has 0 spiro atoms. The molecule has 0 saturated carbocycles. The SMILES string of the molecule is CO[C@@H]1CN(C(=O)CCc2cccnc2)C[C@@H](O)[C@H](O)CCCOC[C@@H](O)[C@H]1O. The van der Waals surface area contributed by atoms with Crippen molar-refractivity contribution in [3.8, 4) is 0 Å². The maximum atomic E-state index is 12.8. The number of aliphatic hydroxyl groups excluding tert-OH is 4. The first kappa shape index (κ1) is 23.7. The van der Waals surface area contributed by atoms with Crippen LogP contribution in [0.25, 0.3) is 0 Å². The van der Waals surface area contributed by atoms with Crippen LogP contribution < -0.4 is 0 Å². The Morgan fingerprint density at radius 3 is 2.72 bits per heavy atom. The van der Waals surface area contributed by atoms with Crippen molar-refractivity contribution in [2.75, 3.05) is 33.4 Å². The highest BCUT2D eigenvalue weighted by Crippen LogP contribution is 2.14. The van der Waals surface area contributed by atoms with Crippen molar-refractivity contribution in [1.82, 2.24) is 9.88 Å². The minimum atomic E-state index is -1.27. The molecule has 0 unspecified atom stereocenters. The fraction of sp³-hybridized carbons (Fsp3) is 0.700. The molecule has 0 bridgehead atoms. The number of hydrogen-bond donors (Lipinski definition) is 4. The van der Waals surface area contributed by atoms with E-state index >= 15 is 0 Å². The Bertz CT molecular complexity index is 604. The monoisotopic (exact) mass is 412 g/mol. The van der Waals surface area contributed by atoms with Gasteiger partial charge in [0.05, 0.1) is 18.8 Å². The van der Waals surface area contributed by atoms with Crippen molar-refractivity contribution in [3.05, 3.63) is 30.1 Å². The van der Waals surface area contributed by atoms with E-state index in [4.69, 9.17) is 9.47 Å². The quantitative estimate of drug-likeness (QED) is 0.501. The van der Waals surface area contributed by atoms with E-state index < -0.39 is 30.5 Å². The number of aromatic nitrogens is 1. The maximum absolute atomic E-state index is 12.8. The highest BCUT2D eigenvalue weighted by molar-refractivity contribution is 5.76. The van der Waals surface area contributed by atoms with Gasteiger partial charge in [-0.2, -0.15) is 0 Å². The predicted octanol–water partition coefficient (Wildman–Crippen LogP) is -0.888. The average molecular weight is 412 g/mol. The third-order valence-corrected chi connectivity index (χ3v) is 5.11. The molecule has 9 nitrogen and oxygen atoms in total. The number of methoxy groups -OCH3 is 1. The summed E-state index contributed by atoms with van der Waals surface area (Å²) in [6.07, 6.45) is -0.715. The van der Waals surface area contributed by atoms with Gasteiger partial charge < -0.3 is 34.8 Å². The van der Waals surface area contributed by atoms with Crippen LogP contribution in [0.4, 0.5) is 0 Å². The molecule has 1 aliphatic heterocycles. The van der Waals surface area contributed by atoms with Gasteiger partial charge in [-0.3, -0.25) is 9.78 Å². The summed E-state index contributed by atoms with van der Waals surface area (Å²) >= 11 is 0. The minimum Gasteiger partial charge on any atom is -0.390 e. The van der Waals surface area contributed by atoms with Crippen LogP contribution in [0.1, 0.15) is 24.8 Å². The van der Waals surface area contributed by atoms with Crippen LogP contribution in [-0.2, 0) is 20.7 Å². The molecule has 9 heteroatoms. The van der Waals surface area contributed by atoms with Gasteiger partial charge in [-0.05, 0) is 30.9 Å². The van der Waals surface area contributed by atoms with Crippen molar-refractivity contribution in [2.45, 2.75) is 56.2 Å². The fourth-order valence-electron chi connectivity index (χ4n) is 3.26. The van der Waals surface area contributed by atoms with Crippen LogP contribution in [0.15, 0.2) is 24.5 Å². The zero-order valence-electron chi connectivity index (χ0n) is 16.8. The second-order valence-corrected chi connectivity index (χ2v) is 7.34. The molecular weight excluding hydrogens is 380 g/mol. The van der Waals surface area contributed by atoms with Crippen molar-refractivity contribution >= 4 is 5.91 Å². The summed E-state index contributed by atoms with van der Waals surface area (Å²) in [7, 11) is 1.38. The standard InChI is InChI=1S/C20H32N2O7/c1-28-18-12-22(19(26)7-6-14-4-2-8-21-10-14)11-16(24)15(23)5-3-9-29-13-17(25)20(18)27/h2,4,8,10,15-18,20,23-25,27H,3,5-7,9,11-13H2,1H3/t15-,16-,17-,18-,20-/m1/s1. The summed E-state index contributed by atoms with van der Waals surface area (Å²) in [5, 5.41) is 41.1. The highest BCUT2D eigenvalue weighted by atomic mass is 16.5. The second kappa shape index (κ2) is 12.2. The van der Waals surface area contributed by atoms with Gasteiger partial charge in [0.1, 0.15) is 18.3 Å². The van der Waals surface area contributed by atoms with Gasteiger partial charge in [0.25, 0.3) is 0 Å². The topological polar surface area (TPSA) is 133 Å². The molecule has 1 aromatic rings. The number of β-amino-alcohol motifs (C(OH)–C–C–N with tert-alkyl or cyclic N) is 1. The van der Waals surface area contributed by atoms with Crippen LogP contribution in [0.2, 0.25) is 0 Å². The molecule has 29 heavy (non-hydrogen) atoms. The van der Waals surface area contributed by atoms with Gasteiger partial charge in [0, 0.05) is 45.6 Å². The zero-order chi connectivity index (χ0) is 21.2. The molecule has 1 amide bonds. The van der Waals surface area contributed by atoms with Gasteiger partial charge in [-0.25, -0.2) is 0 Å². The first-order chi connectivity index (χ1) is 13.9. The molecule has 0 radical (unpaired) electrons. The molecule has 4 N–H and O–H groups in total. The van der Waals surface area contributed by atoms with Crippen LogP contribution in [0, 0.1) is 0 Å². The molecule has 0 aromatic carbocycles. The summed E-state index contributed by atoms with van der Waals surface area (Å²) < 4.78 is 10.6. The smallest absolute Gasteiger partial charge is 0.223 e. The van der Waals surface area contributed by atoms with Crippen LogP contribution in [0.5, 0.6) is 0 Å². The third-order valence-electron chi connectivity index (χ3n) is 5.11. The molecule has 1 aromatic heterocycles. The number of pyridine rings is 1. The molecule has 1 aliphatic rings. The Balaban J connectivity index is 2.12. The predicted molar refractivity (Wildman–Crippen MR) is 104 cm³/mol. The van der Waals surface area contributed by atoms with E-state index in [0.29, 0.717) is 19.3 Å². The van der Waals surface area contributed by atoms with Gasteiger partial charge in [0.2, 0.25) is 5.91 Å². The fourth-order valence-corrected chi connectivity index (χ4v) is 3.26. The summed E-state index contributed by atoms with van der Waals surface area (Å²) in [6, 6.07) is 3.66. The molecule has 1 fully saturated rings. The van der Waals surface area contributed by atoms with Gasteiger partial charge in [0.15, 0.2) is 0 Å². The number of rotatable bonds is 4. The van der Waals surface area contributed by atoms with Crippen molar-refractivity contribution in [2.24, 2.45) is 0 Å². The summed E-state index contributed by atoms with van der Waals surface area (Å²) in [4.78, 5) is 18.2. The van der Waals surface area contributed by atoms with E-state index in [9.17, 15) is 25.2 Å². The van der Waals surface area contributed by atoms with Gasteiger partial charge in [-0.15, -0.1) is 0 Å². The summed E-state index contributed by atoms with van der Waals surface area (Å²) in [5.41, 5.74) is 0.906. The average Bonchev–Trinajstić information content (AvgIpc) is 2.74. The Labute approximate surface area is 170 Å². The van der Waals surface area contributed by atoms with Crippen LogP contribution >= 0.6 is 0 Å². The number of nitrogens with zero attached hydrogens (tertiary/aromatic N) is 2. The zero-order valence-corrected chi connectivity index (χ0v) is 16.8. The lowest BCUT2D eigenvalue weighted by Crippen LogP contribution is -2.51. The second-order valence-electron chi connectivity index (χ2n) is 7.34. The molecule has 5 atom stereocenters. The number of ether oxygens (including phenoxy) is 2. The first-order valence-corrected chi connectivity index (χ1v) is 9.91. The normalized spacial score (nSPS) is 30.1. The van der Waals surface area contributed by atoms with E-state index in [1.807, 2.05) is 6.07 Å². The lowest BCUT2D eigenvalue weighted by atomic mass is 10.1. The molecule has 1 saturated heterocycles. The molecule has 0 aliphatic carbocycles. The molecule has 2 rings (SSSR count). The molecular formula is C20H32N2O7. The number of aryl methyl sites for hydroxylation is 1. The Morgan fingerprint density at radius 1 is 1.24 bits per heavy atom. The summed E-state index contributed by atoms with van der Waals surface area (Å²) in [5.74, 6) is -0.255. The van der Waals surface area contributed by atoms with Crippen LogP contribution in [-0.4, -0.2) is 100 Å². The Morgan fingerprint density at radius 2 is 2.03 bits per heavy atom. The maximum Gasteiger partial charge on any atom is 0.223 e. The van der Waals surface area contributed by atoms with Crippen molar-refractivity contribution in [1.29, 1.82) is 0 Å². The van der Waals surface area contributed by atoms with E-state index in [1.54, 1.807) is 18.5 Å². The lowest BCUT2D eigenvalue weighted by Gasteiger charge is -2.33. The Kier molecular flexibility index (Phi) is 9.92. The van der Waals surface area contributed by atoms with Crippen LogP contribution in [0.3, 0.4) is 0 Å². The number of hydrogen-bond acceptors (Lipinski definition) is 8. The third kappa shape index (κ3) is 7.61. The highest BCUT2D eigenvalue weighted by Gasteiger charge is 2.32. The van der Waals surface area contributed by atoms with Crippen molar-refractivity contribution < 1.29 is 34.7 Å². The van der Waals surface area contributed by atoms with E-state index in [1.165, 1.54) is 12.0 Å². The van der Waals surface area contributed by atoms with E-state index in [-0.39, 0.29) is 38.6 Å². The largest absolute Gasteiger partial charge is 0.390 e. The number of amides is 1. The lowest BCUT2D eigenvalue weighted by molar-refractivity contribution is -0.141. The van der Waals surface area contributed by atoms with E-state index in [2.05, 4.69) is 4.98 Å². The Hall–Kier alpha value is -1.62.